The number of likely N-dealkylation sites (N-methyl/N-ethyl adjacent to an activating group) is 1. The molecule has 0 radical (unpaired) electrons. The number of nitrogens with two attached hydrogens (primary N) is 1. The number of carbonyl (C=O) groups is 1. The van der Waals surface area contributed by atoms with E-state index in [1.54, 1.807) is 11.9 Å². The van der Waals surface area contributed by atoms with Crippen LogP contribution in [0.4, 0.5) is 0 Å². The van der Waals surface area contributed by atoms with E-state index in [4.69, 9.17) is 5.73 Å². The van der Waals surface area contributed by atoms with Crippen LogP contribution in [0, 0.1) is 0 Å². The lowest BCUT2D eigenvalue weighted by molar-refractivity contribution is -0.134. The van der Waals surface area contributed by atoms with Gasteiger partial charge in [-0.15, -0.1) is 0 Å². The second-order valence-electron chi connectivity index (χ2n) is 5.82. The maximum Gasteiger partial charge on any atom is 0.231 e. The summed E-state index contributed by atoms with van der Waals surface area (Å²) in [5.41, 5.74) is 6.00. The molecule has 0 heterocycles. The van der Waals surface area contributed by atoms with Crippen LogP contribution in [-0.4, -0.2) is 41.7 Å². The summed E-state index contributed by atoms with van der Waals surface area (Å²) in [5.74, 6) is -0.342. The van der Waals surface area contributed by atoms with Crippen molar-refractivity contribution in [2.75, 3.05) is 20.1 Å². The zero-order chi connectivity index (χ0) is 14.6. The molecule has 1 fully saturated rings. The molecular formula is C16H24N2O2. The quantitative estimate of drug-likeness (QED) is 0.856. The van der Waals surface area contributed by atoms with Crippen molar-refractivity contribution < 1.29 is 9.90 Å². The van der Waals surface area contributed by atoms with Gasteiger partial charge >= 0.3 is 0 Å². The average Bonchev–Trinajstić information content (AvgIpc) is 2.87. The van der Waals surface area contributed by atoms with Crippen LogP contribution in [0.15, 0.2) is 30.3 Å². The van der Waals surface area contributed by atoms with Crippen LogP contribution >= 0.6 is 0 Å². The van der Waals surface area contributed by atoms with Crippen molar-refractivity contribution in [3.8, 4) is 0 Å². The topological polar surface area (TPSA) is 66.6 Å². The molecule has 0 spiro atoms. The Morgan fingerprint density at radius 3 is 2.50 bits per heavy atom. The number of hydrogen-bond acceptors (Lipinski definition) is 3. The molecule has 1 aromatic carbocycles. The fourth-order valence-corrected chi connectivity index (χ4v) is 3.04. The van der Waals surface area contributed by atoms with Crippen molar-refractivity contribution in [3.63, 3.8) is 0 Å². The van der Waals surface area contributed by atoms with Crippen LogP contribution in [0.2, 0.25) is 0 Å². The van der Waals surface area contributed by atoms with Gasteiger partial charge in [0.1, 0.15) is 0 Å². The maximum atomic E-state index is 12.5. The van der Waals surface area contributed by atoms with E-state index in [9.17, 15) is 9.90 Å². The summed E-state index contributed by atoms with van der Waals surface area (Å²) in [6.45, 7) is 0.681. The van der Waals surface area contributed by atoms with Crippen molar-refractivity contribution >= 4 is 5.91 Å². The Bertz CT molecular complexity index is 441. The molecule has 20 heavy (non-hydrogen) atoms. The summed E-state index contributed by atoms with van der Waals surface area (Å²) in [6.07, 6.45) is 3.64. The predicted molar refractivity (Wildman–Crippen MR) is 79.3 cm³/mol. The summed E-state index contributed by atoms with van der Waals surface area (Å²) >= 11 is 0. The largest absolute Gasteiger partial charge is 0.388 e. The van der Waals surface area contributed by atoms with Gasteiger partial charge in [0.2, 0.25) is 5.91 Å². The summed E-state index contributed by atoms with van der Waals surface area (Å²) in [5, 5.41) is 10.4. The van der Waals surface area contributed by atoms with E-state index < -0.39 is 5.60 Å². The Hall–Kier alpha value is -1.39. The molecule has 1 aromatic rings. The second-order valence-corrected chi connectivity index (χ2v) is 5.82. The Morgan fingerprint density at radius 2 is 1.95 bits per heavy atom. The Balaban J connectivity index is 2.04. The van der Waals surface area contributed by atoms with Gasteiger partial charge in [0, 0.05) is 20.1 Å². The molecule has 1 amide bonds. The standard InChI is InChI=1S/C16H24N2O2/c1-18(12-16(20)9-5-6-10-16)15(19)14(11-17)13-7-3-2-4-8-13/h2-4,7-8,14,20H,5-6,9-12,17H2,1H3. The van der Waals surface area contributed by atoms with Crippen molar-refractivity contribution in [1.82, 2.24) is 4.90 Å². The first-order chi connectivity index (χ1) is 9.56. The third-order valence-corrected chi connectivity index (χ3v) is 4.18. The van der Waals surface area contributed by atoms with E-state index in [0.29, 0.717) is 6.54 Å². The van der Waals surface area contributed by atoms with Gasteiger partial charge in [-0.2, -0.15) is 0 Å². The Labute approximate surface area is 120 Å². The van der Waals surface area contributed by atoms with Crippen molar-refractivity contribution in [2.24, 2.45) is 5.73 Å². The number of aliphatic hydroxyl groups is 1. The van der Waals surface area contributed by atoms with E-state index in [0.717, 1.165) is 31.2 Å². The molecule has 0 saturated heterocycles. The molecular weight excluding hydrogens is 252 g/mol. The van der Waals surface area contributed by atoms with Gasteiger partial charge in [-0.25, -0.2) is 0 Å². The van der Waals surface area contributed by atoms with Crippen LogP contribution in [0.25, 0.3) is 0 Å². The van der Waals surface area contributed by atoms with Crippen LogP contribution in [-0.2, 0) is 4.79 Å². The third kappa shape index (κ3) is 3.38. The minimum Gasteiger partial charge on any atom is -0.388 e. The first kappa shape index (κ1) is 15.0. The fourth-order valence-electron chi connectivity index (χ4n) is 3.04. The molecule has 0 bridgehead atoms. The number of benzene rings is 1. The van der Waals surface area contributed by atoms with Crippen LogP contribution in [0.5, 0.6) is 0 Å². The first-order valence-corrected chi connectivity index (χ1v) is 7.28. The molecule has 1 aliphatic carbocycles. The SMILES string of the molecule is CN(CC1(O)CCCC1)C(=O)C(CN)c1ccccc1. The number of amides is 1. The van der Waals surface area contributed by atoms with Gasteiger partial charge in [0.15, 0.2) is 0 Å². The molecule has 1 atom stereocenters. The van der Waals surface area contributed by atoms with Gasteiger partial charge < -0.3 is 15.7 Å². The van der Waals surface area contributed by atoms with Crippen molar-refractivity contribution in [3.05, 3.63) is 35.9 Å². The summed E-state index contributed by atoms with van der Waals surface area (Å²) < 4.78 is 0. The number of carbonyl (C=O) groups excluding carboxylic acids is 1. The van der Waals surface area contributed by atoms with Gasteiger partial charge in [0.25, 0.3) is 0 Å². The Morgan fingerprint density at radius 1 is 1.35 bits per heavy atom. The number of rotatable bonds is 5. The van der Waals surface area contributed by atoms with E-state index in [1.807, 2.05) is 30.3 Å². The van der Waals surface area contributed by atoms with Gasteiger partial charge in [-0.3, -0.25) is 4.79 Å². The van der Waals surface area contributed by atoms with Crippen LogP contribution in [0.3, 0.4) is 0 Å². The van der Waals surface area contributed by atoms with Gasteiger partial charge in [-0.1, -0.05) is 43.2 Å². The fraction of sp³-hybridized carbons (Fsp3) is 0.562. The molecule has 4 nitrogen and oxygen atoms in total. The van der Waals surface area contributed by atoms with Crippen LogP contribution in [0.1, 0.15) is 37.2 Å². The molecule has 0 aromatic heterocycles. The monoisotopic (exact) mass is 276 g/mol. The Kier molecular flexibility index (Phi) is 4.78. The third-order valence-electron chi connectivity index (χ3n) is 4.18. The van der Waals surface area contributed by atoms with E-state index in [-0.39, 0.29) is 18.4 Å². The lowest BCUT2D eigenvalue weighted by Gasteiger charge is -2.31. The molecule has 1 aliphatic rings. The summed E-state index contributed by atoms with van der Waals surface area (Å²) in [4.78, 5) is 14.2. The highest BCUT2D eigenvalue weighted by atomic mass is 16.3. The molecule has 1 unspecified atom stereocenters. The normalized spacial score (nSPS) is 18.8. The van der Waals surface area contributed by atoms with Gasteiger partial charge in [0.05, 0.1) is 11.5 Å². The second kappa shape index (κ2) is 6.37. The van der Waals surface area contributed by atoms with E-state index >= 15 is 0 Å². The predicted octanol–water partition coefficient (Wildman–Crippen LogP) is 1.49. The smallest absolute Gasteiger partial charge is 0.231 e. The molecule has 3 N–H and O–H groups in total. The highest BCUT2D eigenvalue weighted by Crippen LogP contribution is 2.30. The molecule has 110 valence electrons. The zero-order valence-corrected chi connectivity index (χ0v) is 12.1. The van der Waals surface area contributed by atoms with Crippen LogP contribution < -0.4 is 5.73 Å². The highest BCUT2D eigenvalue weighted by Gasteiger charge is 2.34. The molecule has 0 aliphatic heterocycles. The number of hydrogen-bond donors (Lipinski definition) is 2. The molecule has 2 rings (SSSR count). The van der Waals surface area contributed by atoms with E-state index in [1.165, 1.54) is 0 Å². The first-order valence-electron chi connectivity index (χ1n) is 7.28. The minimum atomic E-state index is -0.708. The molecule has 1 saturated carbocycles. The summed E-state index contributed by atoms with van der Waals surface area (Å²) in [6, 6.07) is 9.60. The lowest BCUT2D eigenvalue weighted by Crippen LogP contribution is -2.44. The minimum absolute atomic E-state index is 0.0148. The van der Waals surface area contributed by atoms with Crippen molar-refractivity contribution in [2.45, 2.75) is 37.2 Å². The lowest BCUT2D eigenvalue weighted by atomic mass is 9.96. The number of nitrogens with zero attached hydrogens (tertiary/aromatic N) is 1. The molecule has 4 heteroatoms. The average molecular weight is 276 g/mol. The zero-order valence-electron chi connectivity index (χ0n) is 12.1. The van der Waals surface area contributed by atoms with Gasteiger partial charge in [-0.05, 0) is 18.4 Å². The van der Waals surface area contributed by atoms with Crippen molar-refractivity contribution in [1.29, 1.82) is 0 Å². The highest BCUT2D eigenvalue weighted by molar-refractivity contribution is 5.83. The van der Waals surface area contributed by atoms with E-state index in [2.05, 4.69) is 0 Å². The summed E-state index contributed by atoms with van der Waals surface area (Å²) in [7, 11) is 1.75. The maximum absolute atomic E-state index is 12.5.